The van der Waals surface area contributed by atoms with Crippen LogP contribution in [0.15, 0.2) is 60.8 Å². The van der Waals surface area contributed by atoms with Crippen LogP contribution in [0, 0.1) is 5.82 Å². The summed E-state index contributed by atoms with van der Waals surface area (Å²) in [6.45, 7) is 0.388. The number of hydrogen-bond acceptors (Lipinski definition) is 3. The lowest BCUT2D eigenvalue weighted by Crippen LogP contribution is -2.35. The van der Waals surface area contributed by atoms with Crippen LogP contribution < -0.4 is 5.32 Å². The Kier molecular flexibility index (Phi) is 5.88. The maximum atomic E-state index is 13.0. The Morgan fingerprint density at radius 2 is 1.89 bits per heavy atom. The van der Waals surface area contributed by atoms with Gasteiger partial charge in [-0.1, -0.05) is 29.8 Å². The van der Waals surface area contributed by atoms with Gasteiger partial charge in [0.2, 0.25) is 0 Å². The molecule has 3 aromatic rings. The van der Waals surface area contributed by atoms with Crippen LogP contribution in [0.4, 0.5) is 4.39 Å². The minimum absolute atomic E-state index is 0.0677. The Hall–Kier alpha value is -2.70. The third-order valence-electron chi connectivity index (χ3n) is 4.26. The summed E-state index contributed by atoms with van der Waals surface area (Å²) >= 11 is 6.30. The monoisotopic (exact) mass is 386 g/mol. The van der Waals surface area contributed by atoms with Crippen molar-refractivity contribution >= 4 is 17.5 Å². The summed E-state index contributed by atoms with van der Waals surface area (Å²) in [4.78, 5) is 14.5. The summed E-state index contributed by atoms with van der Waals surface area (Å²) in [7, 11) is 3.87. The zero-order valence-corrected chi connectivity index (χ0v) is 15.8. The molecule has 2 aromatic carbocycles. The SMILES string of the molecule is CN(C)C(CNC(=O)c1ccn(-c2ccc(F)cc2)n1)c1ccccc1Cl. The number of rotatable bonds is 6. The lowest BCUT2D eigenvalue weighted by Gasteiger charge is -2.25. The van der Waals surface area contributed by atoms with Gasteiger partial charge in [-0.15, -0.1) is 0 Å². The van der Waals surface area contributed by atoms with Crippen LogP contribution >= 0.6 is 11.6 Å². The maximum absolute atomic E-state index is 13.0. The Morgan fingerprint density at radius 1 is 1.19 bits per heavy atom. The number of likely N-dealkylation sites (N-methyl/N-ethyl adjacent to an activating group) is 1. The van der Waals surface area contributed by atoms with Crippen molar-refractivity contribution in [3.8, 4) is 5.69 Å². The van der Waals surface area contributed by atoms with E-state index >= 15 is 0 Å². The molecule has 1 unspecified atom stereocenters. The minimum atomic E-state index is -0.321. The van der Waals surface area contributed by atoms with E-state index in [2.05, 4.69) is 10.4 Å². The highest BCUT2D eigenvalue weighted by molar-refractivity contribution is 6.31. The van der Waals surface area contributed by atoms with Crippen molar-refractivity contribution < 1.29 is 9.18 Å². The van der Waals surface area contributed by atoms with Crippen LogP contribution in [0.2, 0.25) is 5.02 Å². The Morgan fingerprint density at radius 3 is 2.56 bits per heavy atom. The van der Waals surface area contributed by atoms with Crippen molar-refractivity contribution in [2.75, 3.05) is 20.6 Å². The molecule has 0 radical (unpaired) electrons. The van der Waals surface area contributed by atoms with Crippen LogP contribution in [-0.4, -0.2) is 41.2 Å². The fraction of sp³-hybridized carbons (Fsp3) is 0.200. The summed E-state index contributed by atoms with van der Waals surface area (Å²) in [6, 6.07) is 15.0. The van der Waals surface area contributed by atoms with Gasteiger partial charge in [-0.05, 0) is 56.1 Å². The van der Waals surface area contributed by atoms with Gasteiger partial charge in [-0.2, -0.15) is 5.10 Å². The second-order valence-electron chi connectivity index (χ2n) is 6.33. The molecule has 3 rings (SSSR count). The second-order valence-corrected chi connectivity index (χ2v) is 6.74. The van der Waals surface area contributed by atoms with Crippen molar-refractivity contribution in [2.45, 2.75) is 6.04 Å². The molecular formula is C20H20ClFN4O. The molecule has 1 heterocycles. The molecule has 5 nitrogen and oxygen atoms in total. The molecule has 0 bridgehead atoms. The van der Waals surface area contributed by atoms with E-state index in [1.807, 2.05) is 43.3 Å². The third-order valence-corrected chi connectivity index (χ3v) is 4.60. The normalized spacial score (nSPS) is 12.2. The van der Waals surface area contributed by atoms with Gasteiger partial charge in [-0.3, -0.25) is 4.79 Å². The second kappa shape index (κ2) is 8.33. The van der Waals surface area contributed by atoms with Crippen LogP contribution in [0.1, 0.15) is 22.1 Å². The number of halogens is 2. The molecule has 7 heteroatoms. The summed E-state index contributed by atoms with van der Waals surface area (Å²) in [5.41, 5.74) is 1.91. The predicted octanol–water partition coefficient (Wildman–Crippen LogP) is 3.70. The molecule has 0 fully saturated rings. The molecular weight excluding hydrogens is 367 g/mol. The fourth-order valence-electron chi connectivity index (χ4n) is 2.78. The quantitative estimate of drug-likeness (QED) is 0.702. The zero-order chi connectivity index (χ0) is 19.4. The molecule has 0 saturated carbocycles. The van der Waals surface area contributed by atoms with Crippen LogP contribution in [0.5, 0.6) is 0 Å². The van der Waals surface area contributed by atoms with Crippen molar-refractivity contribution in [1.29, 1.82) is 0 Å². The highest BCUT2D eigenvalue weighted by atomic mass is 35.5. The Balaban J connectivity index is 1.70. The first-order chi connectivity index (χ1) is 13.0. The van der Waals surface area contributed by atoms with Gasteiger partial charge < -0.3 is 10.2 Å². The number of carbonyl (C=O) groups excluding carboxylic acids is 1. The van der Waals surface area contributed by atoms with E-state index in [9.17, 15) is 9.18 Å². The molecule has 0 saturated heterocycles. The summed E-state index contributed by atoms with van der Waals surface area (Å²) in [5.74, 6) is -0.604. The number of amides is 1. The van der Waals surface area contributed by atoms with Crippen LogP contribution in [0.3, 0.4) is 0 Å². The van der Waals surface area contributed by atoms with Crippen molar-refractivity contribution in [1.82, 2.24) is 20.0 Å². The van der Waals surface area contributed by atoms with Gasteiger partial charge in [0.05, 0.1) is 11.7 Å². The Labute approximate surface area is 162 Å². The van der Waals surface area contributed by atoms with E-state index in [0.29, 0.717) is 17.3 Å². The number of aromatic nitrogens is 2. The topological polar surface area (TPSA) is 50.2 Å². The first kappa shape index (κ1) is 19.1. The van der Waals surface area contributed by atoms with E-state index < -0.39 is 0 Å². The molecule has 0 aliphatic carbocycles. The number of carbonyl (C=O) groups is 1. The molecule has 0 aliphatic rings. The van der Waals surface area contributed by atoms with E-state index in [0.717, 1.165) is 5.56 Å². The minimum Gasteiger partial charge on any atom is -0.349 e. The third kappa shape index (κ3) is 4.53. The molecule has 1 N–H and O–H groups in total. The highest BCUT2D eigenvalue weighted by Gasteiger charge is 2.19. The molecule has 0 aliphatic heterocycles. The van der Waals surface area contributed by atoms with Gasteiger partial charge in [0.1, 0.15) is 5.82 Å². The van der Waals surface area contributed by atoms with E-state index in [1.54, 1.807) is 24.4 Å². The summed E-state index contributed by atoms with van der Waals surface area (Å²) < 4.78 is 14.6. The smallest absolute Gasteiger partial charge is 0.271 e. The maximum Gasteiger partial charge on any atom is 0.271 e. The number of hydrogen-bond donors (Lipinski definition) is 1. The lowest BCUT2D eigenvalue weighted by atomic mass is 10.1. The van der Waals surface area contributed by atoms with E-state index in [1.165, 1.54) is 16.8 Å². The van der Waals surface area contributed by atoms with Gasteiger partial charge in [-0.25, -0.2) is 9.07 Å². The van der Waals surface area contributed by atoms with Crippen LogP contribution in [-0.2, 0) is 0 Å². The van der Waals surface area contributed by atoms with Crippen LogP contribution in [0.25, 0.3) is 5.69 Å². The van der Waals surface area contributed by atoms with Gasteiger partial charge in [0.25, 0.3) is 5.91 Å². The number of nitrogens with zero attached hydrogens (tertiary/aromatic N) is 3. The molecule has 0 spiro atoms. The average molecular weight is 387 g/mol. The van der Waals surface area contributed by atoms with E-state index in [4.69, 9.17) is 11.6 Å². The first-order valence-corrected chi connectivity index (χ1v) is 8.84. The fourth-order valence-corrected chi connectivity index (χ4v) is 3.04. The highest BCUT2D eigenvalue weighted by Crippen LogP contribution is 2.25. The van der Waals surface area contributed by atoms with Crippen molar-refractivity contribution in [3.05, 3.63) is 82.9 Å². The molecule has 1 aromatic heterocycles. The Bertz CT molecular complexity index is 924. The molecule has 1 amide bonds. The van der Waals surface area contributed by atoms with Crippen molar-refractivity contribution in [2.24, 2.45) is 0 Å². The molecule has 27 heavy (non-hydrogen) atoms. The van der Waals surface area contributed by atoms with Gasteiger partial charge in [0, 0.05) is 17.8 Å². The lowest BCUT2D eigenvalue weighted by molar-refractivity contribution is 0.0936. The van der Waals surface area contributed by atoms with Crippen molar-refractivity contribution in [3.63, 3.8) is 0 Å². The average Bonchev–Trinajstić information content (AvgIpc) is 3.14. The first-order valence-electron chi connectivity index (χ1n) is 8.46. The predicted molar refractivity (Wildman–Crippen MR) is 104 cm³/mol. The largest absolute Gasteiger partial charge is 0.349 e. The molecule has 140 valence electrons. The number of benzene rings is 2. The van der Waals surface area contributed by atoms with Gasteiger partial charge >= 0.3 is 0 Å². The summed E-state index contributed by atoms with van der Waals surface area (Å²) in [6.07, 6.45) is 1.67. The molecule has 1 atom stereocenters. The summed E-state index contributed by atoms with van der Waals surface area (Å²) in [5, 5.41) is 7.83. The zero-order valence-electron chi connectivity index (χ0n) is 15.1. The number of nitrogens with one attached hydrogen (secondary N) is 1. The van der Waals surface area contributed by atoms with Gasteiger partial charge in [0.15, 0.2) is 5.69 Å². The van der Waals surface area contributed by atoms with E-state index in [-0.39, 0.29) is 23.5 Å². The standard InChI is InChI=1S/C20H20ClFN4O/c1-25(2)19(16-5-3-4-6-17(16)21)13-23-20(27)18-11-12-26(24-18)15-9-7-14(22)8-10-15/h3-12,19H,13H2,1-2H3,(H,23,27).